The number of carbonyl (C=O) groups is 1. The highest BCUT2D eigenvalue weighted by Gasteiger charge is 2.23. The monoisotopic (exact) mass is 317 g/mol. The van der Waals surface area contributed by atoms with Gasteiger partial charge in [-0.25, -0.2) is 9.86 Å². The Labute approximate surface area is 133 Å². The van der Waals surface area contributed by atoms with E-state index in [0.29, 0.717) is 29.9 Å². The first-order chi connectivity index (χ1) is 11.0. The molecule has 0 radical (unpaired) electrons. The quantitative estimate of drug-likeness (QED) is 0.814. The van der Waals surface area contributed by atoms with Crippen molar-refractivity contribution >= 4 is 16.9 Å². The molecule has 0 aliphatic carbocycles. The van der Waals surface area contributed by atoms with E-state index in [2.05, 4.69) is 0 Å². The van der Waals surface area contributed by atoms with Gasteiger partial charge in [0.2, 0.25) is 0 Å². The van der Waals surface area contributed by atoms with Crippen LogP contribution < -0.4 is 10.4 Å². The number of benzene rings is 1. The largest absolute Gasteiger partial charge is 0.491 e. The van der Waals surface area contributed by atoms with Crippen LogP contribution in [0.15, 0.2) is 33.5 Å². The number of hydrogen-bond acceptors (Lipinski definition) is 5. The molecule has 1 aromatic heterocycles. The molecule has 0 unspecified atom stereocenters. The maximum atomic E-state index is 12.4. The Hall–Kier alpha value is -2.34. The minimum Gasteiger partial charge on any atom is -0.491 e. The molecular formula is C17H19NO5. The lowest BCUT2D eigenvalue weighted by Crippen LogP contribution is -2.37. The van der Waals surface area contributed by atoms with Crippen LogP contribution >= 0.6 is 0 Å². The Morgan fingerprint density at radius 1 is 1.26 bits per heavy atom. The highest BCUT2D eigenvalue weighted by atomic mass is 16.7. The van der Waals surface area contributed by atoms with E-state index in [1.807, 2.05) is 13.8 Å². The van der Waals surface area contributed by atoms with Gasteiger partial charge in [-0.1, -0.05) is 0 Å². The van der Waals surface area contributed by atoms with Gasteiger partial charge in [0.25, 0.3) is 5.91 Å². The summed E-state index contributed by atoms with van der Waals surface area (Å²) in [7, 11) is 0. The standard InChI is InChI=1S/C17H19NO5/c1-11(2)22-13-6-5-12-9-14(17(20)23-15(12)10-13)16(19)18-7-3-4-8-21-18/h5-6,9-11H,3-4,7-8H2,1-2H3. The van der Waals surface area contributed by atoms with E-state index in [1.54, 1.807) is 24.3 Å². The van der Waals surface area contributed by atoms with Gasteiger partial charge in [0.15, 0.2) is 0 Å². The van der Waals surface area contributed by atoms with Crippen LogP contribution in [0.25, 0.3) is 11.0 Å². The van der Waals surface area contributed by atoms with Crippen molar-refractivity contribution in [1.82, 2.24) is 5.06 Å². The first kappa shape index (κ1) is 15.6. The first-order valence-electron chi connectivity index (χ1n) is 7.74. The molecule has 0 bridgehead atoms. The van der Waals surface area contributed by atoms with E-state index in [-0.39, 0.29) is 11.7 Å². The van der Waals surface area contributed by atoms with Crippen molar-refractivity contribution in [2.24, 2.45) is 0 Å². The summed E-state index contributed by atoms with van der Waals surface area (Å²) in [5.74, 6) is 0.164. The summed E-state index contributed by atoms with van der Waals surface area (Å²) in [5.41, 5.74) is -0.292. The van der Waals surface area contributed by atoms with Crippen molar-refractivity contribution in [3.05, 3.63) is 40.2 Å². The zero-order valence-electron chi connectivity index (χ0n) is 13.2. The number of rotatable bonds is 3. The van der Waals surface area contributed by atoms with Crippen molar-refractivity contribution < 1.29 is 18.8 Å². The average Bonchev–Trinajstić information content (AvgIpc) is 2.54. The van der Waals surface area contributed by atoms with Gasteiger partial charge >= 0.3 is 5.63 Å². The molecule has 23 heavy (non-hydrogen) atoms. The lowest BCUT2D eigenvalue weighted by molar-refractivity contribution is -0.144. The van der Waals surface area contributed by atoms with Crippen LogP contribution in [0.3, 0.4) is 0 Å². The molecule has 0 atom stereocenters. The van der Waals surface area contributed by atoms with E-state index in [4.69, 9.17) is 14.0 Å². The van der Waals surface area contributed by atoms with Crippen molar-refractivity contribution in [3.8, 4) is 5.75 Å². The van der Waals surface area contributed by atoms with Crippen LogP contribution in [0.4, 0.5) is 0 Å². The molecule has 2 heterocycles. The third kappa shape index (κ3) is 3.37. The van der Waals surface area contributed by atoms with Crippen molar-refractivity contribution in [1.29, 1.82) is 0 Å². The second-order valence-electron chi connectivity index (χ2n) is 5.76. The maximum Gasteiger partial charge on any atom is 0.349 e. The Morgan fingerprint density at radius 2 is 2.09 bits per heavy atom. The Balaban J connectivity index is 1.94. The smallest absolute Gasteiger partial charge is 0.349 e. The van der Waals surface area contributed by atoms with Crippen LogP contribution in [0.1, 0.15) is 37.0 Å². The van der Waals surface area contributed by atoms with Gasteiger partial charge in [-0.2, -0.15) is 0 Å². The van der Waals surface area contributed by atoms with E-state index >= 15 is 0 Å². The molecule has 1 aromatic carbocycles. The summed E-state index contributed by atoms with van der Waals surface area (Å²) in [4.78, 5) is 29.8. The number of carbonyl (C=O) groups excluding carboxylic acids is 1. The van der Waals surface area contributed by atoms with Gasteiger partial charge < -0.3 is 9.15 Å². The molecule has 1 amide bonds. The van der Waals surface area contributed by atoms with Gasteiger partial charge in [0.05, 0.1) is 12.7 Å². The number of hydrogen-bond donors (Lipinski definition) is 0. The summed E-state index contributed by atoms with van der Waals surface area (Å²) in [6.07, 6.45) is 1.80. The molecule has 0 N–H and O–H groups in total. The topological polar surface area (TPSA) is 69.0 Å². The van der Waals surface area contributed by atoms with Crippen molar-refractivity contribution in [2.75, 3.05) is 13.2 Å². The lowest BCUT2D eigenvalue weighted by atomic mass is 10.1. The summed E-state index contributed by atoms with van der Waals surface area (Å²) in [5, 5.41) is 1.90. The second kappa shape index (κ2) is 6.42. The van der Waals surface area contributed by atoms with Crippen LogP contribution in [-0.2, 0) is 4.84 Å². The Kier molecular flexibility index (Phi) is 4.34. The maximum absolute atomic E-state index is 12.4. The van der Waals surface area contributed by atoms with Crippen molar-refractivity contribution in [3.63, 3.8) is 0 Å². The fourth-order valence-electron chi connectivity index (χ4n) is 2.48. The summed E-state index contributed by atoms with van der Waals surface area (Å²) in [6, 6.07) is 6.75. The summed E-state index contributed by atoms with van der Waals surface area (Å²) >= 11 is 0. The first-order valence-corrected chi connectivity index (χ1v) is 7.74. The van der Waals surface area contributed by atoms with Crippen LogP contribution in [0.2, 0.25) is 0 Å². The van der Waals surface area contributed by atoms with E-state index in [1.165, 1.54) is 5.06 Å². The van der Waals surface area contributed by atoms with Crippen LogP contribution in [0, 0.1) is 0 Å². The van der Waals surface area contributed by atoms with Gasteiger partial charge in [-0.3, -0.25) is 9.63 Å². The zero-order chi connectivity index (χ0) is 16.4. The minimum absolute atomic E-state index is 0.0167. The van der Waals surface area contributed by atoms with Crippen LogP contribution in [0.5, 0.6) is 5.75 Å². The van der Waals surface area contributed by atoms with Crippen LogP contribution in [-0.4, -0.2) is 30.2 Å². The molecule has 1 fully saturated rings. The number of hydroxylamine groups is 2. The number of amides is 1. The van der Waals surface area contributed by atoms with E-state index < -0.39 is 11.5 Å². The van der Waals surface area contributed by atoms with E-state index in [9.17, 15) is 9.59 Å². The fourth-order valence-corrected chi connectivity index (χ4v) is 2.48. The predicted octanol–water partition coefficient (Wildman–Crippen LogP) is 2.75. The molecule has 0 saturated carbocycles. The Morgan fingerprint density at radius 3 is 2.78 bits per heavy atom. The van der Waals surface area contributed by atoms with Gasteiger partial charge in [0.1, 0.15) is 16.9 Å². The van der Waals surface area contributed by atoms with Gasteiger partial charge in [-0.15, -0.1) is 0 Å². The van der Waals surface area contributed by atoms with Crippen molar-refractivity contribution in [2.45, 2.75) is 32.8 Å². The van der Waals surface area contributed by atoms with Gasteiger partial charge in [0, 0.05) is 18.0 Å². The molecule has 122 valence electrons. The summed E-state index contributed by atoms with van der Waals surface area (Å²) < 4.78 is 10.9. The third-order valence-corrected chi connectivity index (χ3v) is 3.54. The summed E-state index contributed by atoms with van der Waals surface area (Å²) in [6.45, 7) is 4.81. The SMILES string of the molecule is CC(C)Oc1ccc2cc(C(=O)N3CCCCO3)c(=O)oc2c1. The molecule has 6 heteroatoms. The zero-order valence-corrected chi connectivity index (χ0v) is 13.2. The predicted molar refractivity (Wildman–Crippen MR) is 84.5 cm³/mol. The fraction of sp³-hybridized carbons (Fsp3) is 0.412. The lowest BCUT2D eigenvalue weighted by Gasteiger charge is -2.25. The minimum atomic E-state index is -0.668. The number of ether oxygens (including phenoxy) is 1. The molecular weight excluding hydrogens is 298 g/mol. The highest BCUT2D eigenvalue weighted by Crippen LogP contribution is 2.22. The molecule has 0 spiro atoms. The third-order valence-electron chi connectivity index (χ3n) is 3.54. The highest BCUT2D eigenvalue weighted by molar-refractivity contribution is 5.96. The molecule has 6 nitrogen and oxygen atoms in total. The molecule has 1 aliphatic rings. The van der Waals surface area contributed by atoms with Gasteiger partial charge in [-0.05, 0) is 44.9 Å². The average molecular weight is 317 g/mol. The normalized spacial score (nSPS) is 15.2. The molecule has 1 saturated heterocycles. The second-order valence-corrected chi connectivity index (χ2v) is 5.76. The Bertz CT molecular complexity index is 774. The molecule has 1 aliphatic heterocycles. The number of fused-ring (bicyclic) bond motifs is 1. The van der Waals surface area contributed by atoms with E-state index in [0.717, 1.165) is 12.8 Å². The molecule has 2 aromatic rings. The number of nitrogens with zero attached hydrogens (tertiary/aromatic N) is 1. The molecule has 3 rings (SSSR count).